The van der Waals surface area contributed by atoms with Gasteiger partial charge in [0.15, 0.2) is 0 Å². The van der Waals surface area contributed by atoms with E-state index in [1.807, 2.05) is 18.2 Å². The Hall–Kier alpha value is -2.10. The van der Waals surface area contributed by atoms with Gasteiger partial charge >= 0.3 is 0 Å². The molecule has 1 heterocycles. The van der Waals surface area contributed by atoms with Crippen LogP contribution in [0.3, 0.4) is 0 Å². The number of nitriles is 1. The fourth-order valence-electron chi connectivity index (χ4n) is 3.08. The Balaban J connectivity index is 1.73. The Kier molecular flexibility index (Phi) is 6.70. The molecular weight excluding hydrogens is 385 g/mol. The number of carbonyl (C=O) groups is 1. The van der Waals surface area contributed by atoms with Crippen LogP contribution in [0.2, 0.25) is 10.0 Å². The molecule has 0 aliphatic carbocycles. The maximum Gasteiger partial charge on any atom is 0.251 e. The van der Waals surface area contributed by atoms with Crippen molar-refractivity contribution in [2.75, 3.05) is 26.2 Å². The van der Waals surface area contributed by atoms with Crippen LogP contribution in [0.4, 0.5) is 0 Å². The van der Waals surface area contributed by atoms with Crippen LogP contribution in [0.5, 0.6) is 0 Å². The molecule has 1 saturated heterocycles. The number of nitrogens with one attached hydrogen (secondary N) is 2. The molecule has 0 bridgehead atoms. The van der Waals surface area contributed by atoms with Gasteiger partial charge in [-0.15, -0.1) is 0 Å². The fourth-order valence-corrected chi connectivity index (χ4v) is 3.39. The summed E-state index contributed by atoms with van der Waals surface area (Å²) in [6.45, 7) is 2.43. The van der Waals surface area contributed by atoms with E-state index in [2.05, 4.69) is 10.6 Å². The molecule has 0 radical (unpaired) electrons. The van der Waals surface area contributed by atoms with Gasteiger partial charge in [-0.25, -0.2) is 0 Å². The molecule has 1 aliphatic rings. The van der Waals surface area contributed by atoms with E-state index >= 15 is 0 Å². The van der Waals surface area contributed by atoms with E-state index in [-0.39, 0.29) is 17.9 Å². The molecule has 0 unspecified atom stereocenters. The fraction of sp³-hybridized carbons (Fsp3) is 0.300. The SMILES string of the molecule is N#Cc1cccc(C(=O)NC[C@@H]2CNCCO[C@H]2c2ccc(Cl)c(Cl)c2)c1. The van der Waals surface area contributed by atoms with E-state index in [0.29, 0.717) is 40.9 Å². The van der Waals surface area contributed by atoms with Crippen LogP contribution < -0.4 is 10.6 Å². The number of rotatable bonds is 4. The van der Waals surface area contributed by atoms with Crippen molar-refractivity contribution in [1.29, 1.82) is 5.26 Å². The smallest absolute Gasteiger partial charge is 0.251 e. The van der Waals surface area contributed by atoms with Gasteiger partial charge in [-0.3, -0.25) is 4.79 Å². The van der Waals surface area contributed by atoms with Crippen LogP contribution >= 0.6 is 23.2 Å². The quantitative estimate of drug-likeness (QED) is 0.817. The molecule has 1 fully saturated rings. The number of benzene rings is 2. The first-order chi connectivity index (χ1) is 13.1. The van der Waals surface area contributed by atoms with Crippen molar-refractivity contribution in [3.05, 3.63) is 69.2 Å². The summed E-state index contributed by atoms with van der Waals surface area (Å²) in [6.07, 6.45) is -0.208. The largest absolute Gasteiger partial charge is 0.372 e. The van der Waals surface area contributed by atoms with E-state index < -0.39 is 0 Å². The molecule has 1 aliphatic heterocycles. The van der Waals surface area contributed by atoms with Crippen molar-refractivity contribution in [1.82, 2.24) is 10.6 Å². The summed E-state index contributed by atoms with van der Waals surface area (Å²) in [4.78, 5) is 12.5. The molecule has 7 heteroatoms. The lowest BCUT2D eigenvalue weighted by molar-refractivity contribution is 0.0306. The first kappa shape index (κ1) is 19.7. The van der Waals surface area contributed by atoms with Gasteiger partial charge in [0.1, 0.15) is 0 Å². The maximum atomic E-state index is 12.5. The number of hydrogen-bond donors (Lipinski definition) is 2. The lowest BCUT2D eigenvalue weighted by Crippen LogP contribution is -2.36. The second kappa shape index (κ2) is 9.20. The molecule has 0 aromatic heterocycles. The second-order valence-corrected chi connectivity index (χ2v) is 7.15. The average Bonchev–Trinajstić information content (AvgIpc) is 2.93. The van der Waals surface area contributed by atoms with Crippen LogP contribution in [0.15, 0.2) is 42.5 Å². The van der Waals surface area contributed by atoms with Crippen LogP contribution in [0.1, 0.15) is 27.6 Å². The average molecular weight is 404 g/mol. The summed E-state index contributed by atoms with van der Waals surface area (Å²) in [5.74, 6) is -0.197. The Labute approximate surface area is 168 Å². The highest BCUT2D eigenvalue weighted by Gasteiger charge is 2.27. The molecule has 2 aromatic carbocycles. The lowest BCUT2D eigenvalue weighted by Gasteiger charge is -2.25. The third kappa shape index (κ3) is 5.00. The van der Waals surface area contributed by atoms with Gasteiger partial charge in [0.25, 0.3) is 5.91 Å². The van der Waals surface area contributed by atoms with Crippen molar-refractivity contribution >= 4 is 29.1 Å². The predicted octanol–water partition coefficient (Wildman–Crippen LogP) is 3.57. The second-order valence-electron chi connectivity index (χ2n) is 6.33. The van der Waals surface area contributed by atoms with Gasteiger partial charge in [0.05, 0.1) is 34.4 Å². The molecule has 140 valence electrons. The monoisotopic (exact) mass is 403 g/mol. The maximum absolute atomic E-state index is 12.5. The minimum absolute atomic E-state index is 0.0211. The summed E-state index contributed by atoms with van der Waals surface area (Å²) < 4.78 is 6.01. The van der Waals surface area contributed by atoms with Gasteiger partial charge in [0, 0.05) is 31.1 Å². The summed E-state index contributed by atoms with van der Waals surface area (Å²) in [7, 11) is 0. The van der Waals surface area contributed by atoms with Gasteiger partial charge in [0.2, 0.25) is 0 Å². The Morgan fingerprint density at radius 2 is 2.11 bits per heavy atom. The Bertz CT molecular complexity index is 867. The van der Waals surface area contributed by atoms with E-state index in [1.54, 1.807) is 30.3 Å². The highest BCUT2D eigenvalue weighted by molar-refractivity contribution is 6.42. The predicted molar refractivity (Wildman–Crippen MR) is 105 cm³/mol. The highest BCUT2D eigenvalue weighted by atomic mass is 35.5. The minimum Gasteiger partial charge on any atom is -0.372 e. The summed E-state index contributed by atoms with van der Waals surface area (Å²) in [6, 6.07) is 14.1. The molecule has 2 atom stereocenters. The van der Waals surface area contributed by atoms with Gasteiger partial charge < -0.3 is 15.4 Å². The number of halogens is 2. The van der Waals surface area contributed by atoms with Gasteiger partial charge in [-0.2, -0.15) is 5.26 Å². The molecular formula is C20H19Cl2N3O2. The summed E-state index contributed by atoms with van der Waals surface area (Å²) >= 11 is 12.2. The van der Waals surface area contributed by atoms with E-state index in [0.717, 1.165) is 12.1 Å². The van der Waals surface area contributed by atoms with Crippen molar-refractivity contribution < 1.29 is 9.53 Å². The molecule has 27 heavy (non-hydrogen) atoms. The zero-order valence-corrected chi connectivity index (χ0v) is 16.1. The van der Waals surface area contributed by atoms with Crippen molar-refractivity contribution in [3.8, 4) is 6.07 Å². The summed E-state index contributed by atoms with van der Waals surface area (Å²) in [5, 5.41) is 16.2. The van der Waals surface area contributed by atoms with Crippen molar-refractivity contribution in [3.63, 3.8) is 0 Å². The molecule has 2 aromatic rings. The standard InChI is InChI=1S/C20H19Cl2N3O2/c21-17-5-4-14(9-18(17)22)19-16(11-24-6-7-27-19)12-25-20(26)15-3-1-2-13(8-15)10-23/h1-5,8-9,16,19,24H,6-7,11-12H2,(H,25,26)/t16-,19-/m0/s1. The first-order valence-corrected chi connectivity index (χ1v) is 9.39. The van der Waals surface area contributed by atoms with Crippen molar-refractivity contribution in [2.24, 2.45) is 5.92 Å². The molecule has 3 rings (SSSR count). The van der Waals surface area contributed by atoms with Crippen LogP contribution in [0, 0.1) is 17.2 Å². The van der Waals surface area contributed by atoms with Gasteiger partial charge in [-0.1, -0.05) is 35.3 Å². The number of ether oxygens (including phenoxy) is 1. The number of amides is 1. The minimum atomic E-state index is -0.218. The number of hydrogen-bond acceptors (Lipinski definition) is 4. The topological polar surface area (TPSA) is 74.2 Å². The van der Waals surface area contributed by atoms with Crippen molar-refractivity contribution in [2.45, 2.75) is 6.10 Å². The number of carbonyl (C=O) groups excluding carboxylic acids is 1. The molecule has 5 nitrogen and oxygen atoms in total. The van der Waals surface area contributed by atoms with Gasteiger partial charge in [-0.05, 0) is 35.9 Å². The highest BCUT2D eigenvalue weighted by Crippen LogP contribution is 2.31. The lowest BCUT2D eigenvalue weighted by atomic mass is 9.95. The molecule has 1 amide bonds. The van der Waals surface area contributed by atoms with Crippen LogP contribution in [-0.2, 0) is 4.74 Å². The normalized spacial score (nSPS) is 19.7. The Morgan fingerprint density at radius 3 is 2.89 bits per heavy atom. The Morgan fingerprint density at radius 1 is 1.26 bits per heavy atom. The van der Waals surface area contributed by atoms with E-state index in [9.17, 15) is 4.79 Å². The third-order valence-electron chi connectivity index (χ3n) is 4.46. The zero-order chi connectivity index (χ0) is 19.2. The third-order valence-corrected chi connectivity index (χ3v) is 5.20. The van der Waals surface area contributed by atoms with E-state index in [1.165, 1.54) is 0 Å². The molecule has 2 N–H and O–H groups in total. The van der Waals surface area contributed by atoms with Crippen LogP contribution in [-0.4, -0.2) is 32.1 Å². The number of nitrogens with zero attached hydrogens (tertiary/aromatic N) is 1. The first-order valence-electron chi connectivity index (χ1n) is 8.64. The molecule has 0 spiro atoms. The van der Waals surface area contributed by atoms with Crippen LogP contribution in [0.25, 0.3) is 0 Å². The molecule has 0 saturated carbocycles. The zero-order valence-electron chi connectivity index (χ0n) is 14.5. The van der Waals surface area contributed by atoms with E-state index in [4.69, 9.17) is 33.2 Å². The summed E-state index contributed by atoms with van der Waals surface area (Å²) in [5.41, 5.74) is 1.84.